The van der Waals surface area contributed by atoms with Crippen molar-refractivity contribution in [2.75, 3.05) is 0 Å². The van der Waals surface area contributed by atoms with Crippen molar-refractivity contribution in [2.24, 2.45) is 0 Å². The molecule has 2 aromatic carbocycles. The van der Waals surface area contributed by atoms with Crippen LogP contribution in [0, 0.1) is 0 Å². The first-order valence-corrected chi connectivity index (χ1v) is 16.7. The third-order valence-corrected chi connectivity index (χ3v) is 9.23. The SMILES string of the molecule is C[SiH](C)c1ccc(C(=O)O[C@H]2CC[C@H](OC(=O)c3ccc([SiH](C)C)cc3)CC2)cc1. The largest absolute Gasteiger partial charge is 0.459 e. The molecule has 0 heterocycles. The number of benzene rings is 2. The normalized spacial score (nSPS) is 19.0. The van der Waals surface area contributed by atoms with E-state index in [0.29, 0.717) is 11.1 Å². The highest BCUT2D eigenvalue weighted by molar-refractivity contribution is 6.71. The van der Waals surface area contributed by atoms with Crippen molar-refractivity contribution in [1.29, 1.82) is 0 Å². The highest BCUT2D eigenvalue weighted by atomic mass is 28.3. The van der Waals surface area contributed by atoms with Crippen LogP contribution in [-0.4, -0.2) is 41.7 Å². The van der Waals surface area contributed by atoms with Crippen LogP contribution in [0.2, 0.25) is 26.2 Å². The Labute approximate surface area is 182 Å². The van der Waals surface area contributed by atoms with Crippen LogP contribution in [0.25, 0.3) is 0 Å². The minimum atomic E-state index is -0.859. The summed E-state index contributed by atoms with van der Waals surface area (Å²) < 4.78 is 11.4. The summed E-state index contributed by atoms with van der Waals surface area (Å²) in [5.74, 6) is -0.526. The van der Waals surface area contributed by atoms with Gasteiger partial charge in [-0.05, 0) is 49.9 Å². The molecular formula is C24H32O4Si2. The highest BCUT2D eigenvalue weighted by Crippen LogP contribution is 2.25. The molecule has 0 aromatic heterocycles. The van der Waals surface area contributed by atoms with E-state index in [4.69, 9.17) is 9.47 Å². The predicted octanol–water partition coefficient (Wildman–Crippen LogP) is 3.40. The summed E-state index contributed by atoms with van der Waals surface area (Å²) >= 11 is 0. The fraction of sp³-hybridized carbons (Fsp3) is 0.417. The van der Waals surface area contributed by atoms with Gasteiger partial charge in [-0.2, -0.15) is 0 Å². The van der Waals surface area contributed by atoms with Crippen molar-refractivity contribution in [3.8, 4) is 0 Å². The first-order valence-electron chi connectivity index (χ1n) is 11.0. The van der Waals surface area contributed by atoms with Crippen LogP contribution in [0.15, 0.2) is 48.5 Å². The lowest BCUT2D eigenvalue weighted by Gasteiger charge is -2.28. The maximum atomic E-state index is 12.4. The van der Waals surface area contributed by atoms with Gasteiger partial charge < -0.3 is 9.47 Å². The number of carbonyl (C=O) groups is 2. The maximum absolute atomic E-state index is 12.4. The molecule has 0 spiro atoms. The predicted molar refractivity (Wildman–Crippen MR) is 127 cm³/mol. The standard InChI is InChI=1S/C24H32O4Si2/c1-29(2)21-13-5-17(6-14-21)23(25)27-19-9-11-20(12-10-19)28-24(26)18-7-15-22(16-8-18)30(3)4/h5-8,13-16,19-20,29-30H,9-12H2,1-4H3/t19-,20-. The van der Waals surface area contributed by atoms with E-state index in [2.05, 4.69) is 26.2 Å². The fourth-order valence-corrected chi connectivity index (χ4v) is 5.64. The average molecular weight is 441 g/mol. The Balaban J connectivity index is 1.46. The van der Waals surface area contributed by atoms with Crippen molar-refractivity contribution in [1.82, 2.24) is 0 Å². The maximum Gasteiger partial charge on any atom is 0.338 e. The lowest BCUT2D eigenvalue weighted by Crippen LogP contribution is -2.30. The Bertz CT molecular complexity index is 778. The highest BCUT2D eigenvalue weighted by Gasteiger charge is 2.27. The number of esters is 2. The van der Waals surface area contributed by atoms with Gasteiger partial charge in [-0.3, -0.25) is 0 Å². The summed E-state index contributed by atoms with van der Waals surface area (Å²) in [6, 6.07) is 15.6. The summed E-state index contributed by atoms with van der Waals surface area (Å²) in [7, 11) is -1.72. The summed E-state index contributed by atoms with van der Waals surface area (Å²) in [5.41, 5.74) is 1.21. The molecule has 30 heavy (non-hydrogen) atoms. The van der Waals surface area contributed by atoms with Gasteiger partial charge in [0.2, 0.25) is 0 Å². The Kier molecular flexibility index (Phi) is 7.66. The van der Waals surface area contributed by atoms with Gasteiger partial charge in [0.05, 0.1) is 28.7 Å². The van der Waals surface area contributed by atoms with Crippen LogP contribution in [-0.2, 0) is 9.47 Å². The van der Waals surface area contributed by atoms with Crippen molar-refractivity contribution in [3.05, 3.63) is 59.7 Å². The molecular weight excluding hydrogens is 408 g/mol. The molecule has 1 aliphatic rings. The lowest BCUT2D eigenvalue weighted by molar-refractivity contribution is -0.0108. The molecule has 0 aliphatic heterocycles. The molecule has 160 valence electrons. The van der Waals surface area contributed by atoms with E-state index in [9.17, 15) is 9.59 Å². The fourth-order valence-electron chi connectivity index (χ4n) is 3.71. The summed E-state index contributed by atoms with van der Waals surface area (Å²) in [5, 5.41) is 2.68. The van der Waals surface area contributed by atoms with E-state index in [1.165, 1.54) is 10.4 Å². The van der Waals surface area contributed by atoms with Crippen LogP contribution in [0.5, 0.6) is 0 Å². The lowest BCUT2D eigenvalue weighted by atomic mass is 9.95. The zero-order chi connectivity index (χ0) is 21.7. The van der Waals surface area contributed by atoms with Crippen LogP contribution in [0.4, 0.5) is 0 Å². The smallest absolute Gasteiger partial charge is 0.338 e. The first-order chi connectivity index (χ1) is 14.3. The molecule has 0 amide bonds. The van der Waals surface area contributed by atoms with Gasteiger partial charge in [0.15, 0.2) is 0 Å². The second-order valence-corrected chi connectivity index (χ2v) is 14.7. The molecule has 1 fully saturated rings. The van der Waals surface area contributed by atoms with Gasteiger partial charge in [0.25, 0.3) is 0 Å². The van der Waals surface area contributed by atoms with E-state index in [1.54, 1.807) is 0 Å². The zero-order valence-corrected chi connectivity index (χ0v) is 20.7. The molecule has 0 atom stereocenters. The monoisotopic (exact) mass is 440 g/mol. The molecule has 1 aliphatic carbocycles. The zero-order valence-electron chi connectivity index (χ0n) is 18.4. The number of hydrogen-bond donors (Lipinski definition) is 0. The van der Waals surface area contributed by atoms with Gasteiger partial charge in [-0.1, -0.05) is 60.8 Å². The van der Waals surface area contributed by atoms with Crippen molar-refractivity contribution in [2.45, 2.75) is 64.1 Å². The third-order valence-electron chi connectivity index (χ3n) is 5.79. The van der Waals surface area contributed by atoms with E-state index < -0.39 is 17.6 Å². The van der Waals surface area contributed by atoms with Crippen molar-refractivity contribution in [3.63, 3.8) is 0 Å². The topological polar surface area (TPSA) is 52.6 Å². The van der Waals surface area contributed by atoms with E-state index in [-0.39, 0.29) is 24.1 Å². The molecule has 0 N–H and O–H groups in total. The minimum Gasteiger partial charge on any atom is -0.459 e. The third kappa shape index (κ3) is 5.92. The number of hydrogen-bond acceptors (Lipinski definition) is 4. The Morgan fingerprint density at radius 1 is 0.633 bits per heavy atom. The van der Waals surface area contributed by atoms with Gasteiger partial charge in [-0.25, -0.2) is 9.59 Å². The molecule has 2 aromatic rings. The van der Waals surface area contributed by atoms with Crippen LogP contribution < -0.4 is 10.4 Å². The van der Waals surface area contributed by atoms with E-state index >= 15 is 0 Å². The summed E-state index contributed by atoms with van der Waals surface area (Å²) in [6.07, 6.45) is 2.66. The first kappa shape index (κ1) is 22.5. The van der Waals surface area contributed by atoms with Gasteiger partial charge in [-0.15, -0.1) is 0 Å². The molecule has 0 unspecified atom stereocenters. The molecule has 4 nitrogen and oxygen atoms in total. The van der Waals surface area contributed by atoms with Crippen molar-refractivity contribution >= 4 is 39.9 Å². The Morgan fingerprint density at radius 3 is 1.20 bits per heavy atom. The molecule has 0 bridgehead atoms. The molecule has 0 radical (unpaired) electrons. The van der Waals surface area contributed by atoms with Gasteiger partial charge in [0, 0.05) is 0 Å². The van der Waals surface area contributed by atoms with Crippen LogP contribution in [0.3, 0.4) is 0 Å². The Morgan fingerprint density at radius 2 is 0.933 bits per heavy atom. The van der Waals surface area contributed by atoms with Gasteiger partial charge >= 0.3 is 11.9 Å². The second kappa shape index (κ2) is 10.2. The molecule has 6 heteroatoms. The van der Waals surface area contributed by atoms with Crippen molar-refractivity contribution < 1.29 is 19.1 Å². The number of ether oxygens (including phenoxy) is 2. The second-order valence-electron chi connectivity index (χ2n) is 8.76. The molecule has 3 rings (SSSR count). The summed E-state index contributed by atoms with van der Waals surface area (Å²) in [4.78, 5) is 24.8. The van der Waals surface area contributed by atoms with E-state index in [1.807, 2.05) is 48.5 Å². The van der Waals surface area contributed by atoms with Crippen LogP contribution >= 0.6 is 0 Å². The molecule has 1 saturated carbocycles. The quantitative estimate of drug-likeness (QED) is 0.510. The number of carbonyl (C=O) groups excluding carboxylic acids is 2. The summed E-state index contributed by atoms with van der Waals surface area (Å²) in [6.45, 7) is 9.06. The minimum absolute atomic E-state index is 0.109. The Hall–Kier alpha value is -2.19. The average Bonchev–Trinajstić information content (AvgIpc) is 2.75. The van der Waals surface area contributed by atoms with Gasteiger partial charge in [0.1, 0.15) is 12.2 Å². The molecule has 0 saturated heterocycles. The van der Waals surface area contributed by atoms with E-state index in [0.717, 1.165) is 25.7 Å². The number of rotatable bonds is 6. The van der Waals surface area contributed by atoms with Crippen LogP contribution in [0.1, 0.15) is 46.4 Å².